The maximum Gasteiger partial charge on any atom is 0.573 e. The predicted molar refractivity (Wildman–Crippen MR) is 133 cm³/mol. The average Bonchev–Trinajstić information content (AvgIpc) is 2.83. The van der Waals surface area contributed by atoms with Gasteiger partial charge in [0, 0.05) is 31.4 Å². The quantitative estimate of drug-likeness (QED) is 0.330. The summed E-state index contributed by atoms with van der Waals surface area (Å²) in [5.41, 5.74) is -0.807. The summed E-state index contributed by atoms with van der Waals surface area (Å²) in [6.45, 7) is 8.77. The highest BCUT2D eigenvalue weighted by molar-refractivity contribution is 6.09. The van der Waals surface area contributed by atoms with Crippen molar-refractivity contribution in [1.29, 1.82) is 0 Å². The Morgan fingerprint density at radius 3 is 2.27 bits per heavy atom. The number of nitrogens with one attached hydrogen (secondary N) is 2. The number of amides is 1. The normalized spacial score (nSPS) is 13.8. The van der Waals surface area contributed by atoms with Crippen LogP contribution in [0.4, 0.5) is 35.9 Å². The fourth-order valence-electron chi connectivity index (χ4n) is 3.37. The van der Waals surface area contributed by atoms with E-state index >= 15 is 0 Å². The predicted octanol–water partition coefficient (Wildman–Crippen LogP) is 4.79. The number of morpholine rings is 1. The third kappa shape index (κ3) is 9.10. The first kappa shape index (κ1) is 29.6. The van der Waals surface area contributed by atoms with E-state index in [1.165, 1.54) is 18.2 Å². The highest BCUT2D eigenvalue weighted by Gasteiger charge is 2.31. The van der Waals surface area contributed by atoms with Crippen LogP contribution in [-0.2, 0) is 4.74 Å². The van der Waals surface area contributed by atoms with Crippen molar-refractivity contribution in [3.8, 4) is 5.75 Å². The van der Waals surface area contributed by atoms with Crippen LogP contribution in [0.5, 0.6) is 5.75 Å². The lowest BCUT2D eigenvalue weighted by Crippen LogP contribution is -2.37. The van der Waals surface area contributed by atoms with Crippen molar-refractivity contribution in [3.63, 3.8) is 0 Å². The zero-order chi connectivity index (χ0) is 27.8. The number of benzene rings is 2. The molecule has 1 heterocycles. The lowest BCUT2D eigenvalue weighted by atomic mass is 10.1. The number of hydrogen-bond donors (Lipinski definition) is 3. The Labute approximate surface area is 212 Å². The summed E-state index contributed by atoms with van der Waals surface area (Å²) < 4.78 is 46.3. The first-order valence-corrected chi connectivity index (χ1v) is 11.6. The van der Waals surface area contributed by atoms with E-state index in [1.54, 1.807) is 13.8 Å². The first-order chi connectivity index (χ1) is 17.3. The molecule has 0 saturated carbocycles. The van der Waals surface area contributed by atoms with Crippen molar-refractivity contribution < 1.29 is 37.5 Å². The Morgan fingerprint density at radius 1 is 1.16 bits per heavy atom. The highest BCUT2D eigenvalue weighted by Crippen LogP contribution is 2.35. The molecule has 0 spiro atoms. The molecule has 204 valence electrons. The molecule has 2 aromatic carbocycles. The summed E-state index contributed by atoms with van der Waals surface area (Å²) in [6, 6.07) is 7.14. The van der Waals surface area contributed by atoms with Crippen molar-refractivity contribution in [1.82, 2.24) is 0 Å². The van der Waals surface area contributed by atoms with Crippen molar-refractivity contribution >= 4 is 28.7 Å². The van der Waals surface area contributed by atoms with E-state index in [-0.39, 0.29) is 29.2 Å². The topological polar surface area (TPSA) is 126 Å². The molecule has 0 aromatic heterocycles. The van der Waals surface area contributed by atoms with Gasteiger partial charge in [-0.1, -0.05) is 13.8 Å². The van der Waals surface area contributed by atoms with E-state index in [9.17, 15) is 33.2 Å². The number of carbonyl (C=O) groups is 1. The number of anilines is 3. The van der Waals surface area contributed by atoms with E-state index in [0.717, 1.165) is 18.2 Å². The Balaban J connectivity index is 0.00000235. The Bertz CT molecular complexity index is 1070. The number of rotatable bonds is 8. The first-order valence-electron chi connectivity index (χ1n) is 11.6. The lowest BCUT2D eigenvalue weighted by Gasteiger charge is -2.31. The number of aliphatic hydroxyl groups is 1. The van der Waals surface area contributed by atoms with Crippen molar-refractivity contribution in [2.45, 2.75) is 39.7 Å². The number of alkyl halides is 3. The van der Waals surface area contributed by atoms with Gasteiger partial charge in [-0.3, -0.25) is 14.9 Å². The van der Waals surface area contributed by atoms with Gasteiger partial charge in [-0.05, 0) is 44.2 Å². The van der Waals surface area contributed by atoms with Crippen LogP contribution < -0.4 is 20.3 Å². The molecule has 0 aliphatic carbocycles. The molecule has 37 heavy (non-hydrogen) atoms. The van der Waals surface area contributed by atoms with Gasteiger partial charge in [0.05, 0.1) is 35.0 Å². The van der Waals surface area contributed by atoms with E-state index in [1.807, 2.05) is 18.7 Å². The molecule has 1 saturated heterocycles. The molecule has 0 atom stereocenters. The Hall–Kier alpha value is -3.58. The molecular weight excluding hydrogens is 497 g/mol. The second-order valence-corrected chi connectivity index (χ2v) is 8.44. The number of hydrogen-bond acceptors (Lipinski definition) is 8. The van der Waals surface area contributed by atoms with Gasteiger partial charge in [0.15, 0.2) is 0 Å². The van der Waals surface area contributed by atoms with Gasteiger partial charge in [-0.25, -0.2) is 0 Å². The van der Waals surface area contributed by atoms with Gasteiger partial charge < -0.3 is 30.1 Å². The van der Waals surface area contributed by atoms with Gasteiger partial charge >= 0.3 is 6.36 Å². The molecule has 0 bridgehead atoms. The number of nitro groups is 1. The van der Waals surface area contributed by atoms with Gasteiger partial charge in [0.25, 0.3) is 11.6 Å². The fourth-order valence-corrected chi connectivity index (χ4v) is 3.37. The summed E-state index contributed by atoms with van der Waals surface area (Å²) in [4.78, 5) is 26.1. The Kier molecular flexibility index (Phi) is 10.1. The summed E-state index contributed by atoms with van der Waals surface area (Å²) in [6.07, 6.45) is -4.85. The standard InChI is InChI=1S/C22H25F3N4O6.C2H6/c1-21(2,31)13-26-17-12-18(28-7-9-34-10-8-28)16(11-19(17)29(32)33)20(30)27-14-3-5-15(6-4-14)35-22(23,24)25;1-2/h3-6,11-12,26,31H,7-10,13H2,1-2H3,(H,27,30);1-2H3. The summed E-state index contributed by atoms with van der Waals surface area (Å²) >= 11 is 0. The SMILES string of the molecule is CC.CC(C)(O)CNc1cc(N2CCOCC2)c(C(=O)Nc2ccc(OC(F)(F)F)cc2)cc1[N+](=O)[O-]. The molecule has 3 N–H and O–H groups in total. The Morgan fingerprint density at radius 2 is 1.76 bits per heavy atom. The molecule has 10 nitrogen and oxygen atoms in total. The molecule has 13 heteroatoms. The van der Waals surface area contributed by atoms with Crippen molar-refractivity contribution in [2.24, 2.45) is 0 Å². The van der Waals surface area contributed by atoms with Crippen LogP contribution in [0.2, 0.25) is 0 Å². The average molecular weight is 529 g/mol. The minimum Gasteiger partial charge on any atom is -0.406 e. The smallest absolute Gasteiger partial charge is 0.406 e. The maximum absolute atomic E-state index is 13.1. The second kappa shape index (κ2) is 12.6. The van der Waals surface area contributed by atoms with Gasteiger partial charge in [0.1, 0.15) is 11.4 Å². The van der Waals surface area contributed by atoms with Crippen LogP contribution in [0.25, 0.3) is 0 Å². The molecule has 1 aliphatic rings. The molecule has 1 amide bonds. The molecular formula is C24H31F3N4O6. The minimum absolute atomic E-state index is 0.00280. The summed E-state index contributed by atoms with van der Waals surface area (Å²) in [5, 5.41) is 27.2. The zero-order valence-corrected chi connectivity index (χ0v) is 21.0. The van der Waals surface area contributed by atoms with Gasteiger partial charge in [-0.2, -0.15) is 0 Å². The van der Waals surface area contributed by atoms with Gasteiger partial charge in [-0.15, -0.1) is 13.2 Å². The second-order valence-electron chi connectivity index (χ2n) is 8.44. The fraction of sp³-hybridized carbons (Fsp3) is 0.458. The third-order valence-electron chi connectivity index (χ3n) is 4.96. The molecule has 0 radical (unpaired) electrons. The van der Waals surface area contributed by atoms with Crippen LogP contribution in [0.3, 0.4) is 0 Å². The third-order valence-corrected chi connectivity index (χ3v) is 4.96. The zero-order valence-electron chi connectivity index (χ0n) is 21.0. The number of carbonyl (C=O) groups excluding carboxylic acids is 1. The van der Waals surface area contributed by atoms with E-state index in [2.05, 4.69) is 15.4 Å². The lowest BCUT2D eigenvalue weighted by molar-refractivity contribution is -0.384. The van der Waals surface area contributed by atoms with Crippen LogP contribution >= 0.6 is 0 Å². The number of nitro benzene ring substituents is 1. The summed E-state index contributed by atoms with van der Waals surface area (Å²) in [7, 11) is 0. The van der Waals surface area contributed by atoms with Crippen LogP contribution in [-0.4, -0.2) is 60.7 Å². The van der Waals surface area contributed by atoms with Crippen LogP contribution in [0.15, 0.2) is 36.4 Å². The maximum atomic E-state index is 13.1. The molecule has 1 fully saturated rings. The van der Waals surface area contributed by atoms with E-state index in [4.69, 9.17) is 4.74 Å². The van der Waals surface area contributed by atoms with E-state index in [0.29, 0.717) is 32.0 Å². The molecule has 2 aromatic rings. The van der Waals surface area contributed by atoms with E-state index < -0.39 is 28.5 Å². The van der Waals surface area contributed by atoms with Crippen LogP contribution in [0.1, 0.15) is 38.1 Å². The van der Waals surface area contributed by atoms with Crippen molar-refractivity contribution in [3.05, 3.63) is 52.1 Å². The molecule has 1 aliphatic heterocycles. The van der Waals surface area contributed by atoms with Crippen molar-refractivity contribution in [2.75, 3.05) is 48.4 Å². The minimum atomic E-state index is -4.85. The number of halogens is 3. The number of ether oxygens (including phenoxy) is 2. The molecule has 0 unspecified atom stereocenters. The monoisotopic (exact) mass is 528 g/mol. The molecule has 3 rings (SSSR count). The highest BCUT2D eigenvalue weighted by atomic mass is 19.4. The largest absolute Gasteiger partial charge is 0.573 e. The van der Waals surface area contributed by atoms with Gasteiger partial charge in [0.2, 0.25) is 0 Å². The van der Waals surface area contributed by atoms with Crippen LogP contribution in [0, 0.1) is 10.1 Å². The number of nitrogens with zero attached hydrogens (tertiary/aromatic N) is 2. The summed E-state index contributed by atoms with van der Waals surface area (Å²) in [5.74, 6) is -1.14.